The molecule has 1 saturated carbocycles. The average molecular weight is 319 g/mol. The van der Waals surface area contributed by atoms with Crippen molar-refractivity contribution in [2.75, 3.05) is 27.2 Å². The average Bonchev–Trinajstić information content (AvgIpc) is 2.99. The second-order valence-corrected chi connectivity index (χ2v) is 6.27. The lowest BCUT2D eigenvalue weighted by molar-refractivity contribution is 0.0572. The van der Waals surface area contributed by atoms with Crippen LogP contribution in [0.2, 0.25) is 0 Å². The number of aliphatic hydroxyl groups is 1. The van der Waals surface area contributed by atoms with Gasteiger partial charge in [0.05, 0.1) is 19.3 Å². The quantitative estimate of drug-likeness (QED) is 0.624. The van der Waals surface area contributed by atoms with Crippen LogP contribution in [0.1, 0.15) is 38.2 Å². The molecular formula is C18H29N3O2. The Kier molecular flexibility index (Phi) is 6.28. The van der Waals surface area contributed by atoms with Crippen molar-refractivity contribution < 1.29 is 9.84 Å². The number of ether oxygens (including phenoxy) is 1. The second-order valence-electron chi connectivity index (χ2n) is 6.27. The first kappa shape index (κ1) is 17.6. The summed E-state index contributed by atoms with van der Waals surface area (Å²) in [5.74, 6) is 1.70. The molecule has 128 valence electrons. The van der Waals surface area contributed by atoms with E-state index in [0.29, 0.717) is 13.1 Å². The zero-order valence-electron chi connectivity index (χ0n) is 14.5. The van der Waals surface area contributed by atoms with Gasteiger partial charge >= 0.3 is 0 Å². The van der Waals surface area contributed by atoms with E-state index in [-0.39, 0.29) is 0 Å². The monoisotopic (exact) mass is 319 g/mol. The summed E-state index contributed by atoms with van der Waals surface area (Å²) < 4.78 is 5.42. The van der Waals surface area contributed by atoms with E-state index in [1.165, 1.54) is 0 Å². The van der Waals surface area contributed by atoms with Gasteiger partial charge in [0.1, 0.15) is 5.75 Å². The van der Waals surface area contributed by atoms with Crippen molar-refractivity contribution >= 4 is 5.96 Å². The number of hydrogen-bond donors (Lipinski definition) is 2. The van der Waals surface area contributed by atoms with Crippen molar-refractivity contribution in [3.63, 3.8) is 0 Å². The lowest BCUT2D eigenvalue weighted by atomic mass is 10.0. The highest BCUT2D eigenvalue weighted by atomic mass is 16.5. The van der Waals surface area contributed by atoms with Gasteiger partial charge in [-0.3, -0.25) is 4.99 Å². The van der Waals surface area contributed by atoms with Gasteiger partial charge in [-0.2, -0.15) is 0 Å². The fraction of sp³-hybridized carbons (Fsp3) is 0.611. The molecular weight excluding hydrogens is 290 g/mol. The normalized spacial score (nSPS) is 17.1. The minimum absolute atomic E-state index is 0.464. The molecule has 1 aliphatic carbocycles. The summed E-state index contributed by atoms with van der Waals surface area (Å²) >= 11 is 0. The number of nitrogens with zero attached hydrogens (tertiary/aromatic N) is 2. The molecule has 0 saturated heterocycles. The maximum atomic E-state index is 10.5. The fourth-order valence-corrected chi connectivity index (χ4v) is 3.05. The van der Waals surface area contributed by atoms with Crippen LogP contribution < -0.4 is 10.1 Å². The van der Waals surface area contributed by atoms with E-state index in [2.05, 4.69) is 28.2 Å². The summed E-state index contributed by atoms with van der Waals surface area (Å²) in [6, 6.07) is 8.01. The van der Waals surface area contributed by atoms with Crippen molar-refractivity contribution in [2.24, 2.45) is 4.99 Å². The Morgan fingerprint density at radius 1 is 1.35 bits per heavy atom. The van der Waals surface area contributed by atoms with E-state index in [4.69, 9.17) is 4.74 Å². The van der Waals surface area contributed by atoms with Crippen LogP contribution in [0.4, 0.5) is 0 Å². The second kappa shape index (κ2) is 8.20. The molecule has 0 amide bonds. The standard InChI is InChI=1S/C18H29N3O2/c1-4-19-17(20-14-18(22)11-7-8-12-18)21(2)13-15-9-5-6-10-16(15)23-3/h5-6,9-10,22H,4,7-8,11-14H2,1-3H3,(H,19,20). The molecule has 0 aliphatic heterocycles. The van der Waals surface area contributed by atoms with Crippen molar-refractivity contribution in [2.45, 2.75) is 44.8 Å². The Hall–Kier alpha value is -1.75. The molecule has 1 aliphatic rings. The molecule has 0 atom stereocenters. The van der Waals surface area contributed by atoms with Crippen molar-refractivity contribution in [3.05, 3.63) is 29.8 Å². The van der Waals surface area contributed by atoms with Gasteiger partial charge in [0, 0.05) is 25.7 Å². The third-order valence-electron chi connectivity index (χ3n) is 4.35. The van der Waals surface area contributed by atoms with Crippen LogP contribution in [0.25, 0.3) is 0 Å². The first-order chi connectivity index (χ1) is 11.1. The van der Waals surface area contributed by atoms with Gasteiger partial charge in [-0.05, 0) is 25.8 Å². The summed E-state index contributed by atoms with van der Waals surface area (Å²) in [4.78, 5) is 6.73. The highest BCUT2D eigenvalue weighted by molar-refractivity contribution is 5.79. The van der Waals surface area contributed by atoms with E-state index >= 15 is 0 Å². The van der Waals surface area contributed by atoms with Gasteiger partial charge < -0.3 is 20.1 Å². The topological polar surface area (TPSA) is 57.1 Å². The maximum Gasteiger partial charge on any atom is 0.194 e. The Balaban J connectivity index is 2.06. The zero-order valence-corrected chi connectivity index (χ0v) is 14.5. The molecule has 1 fully saturated rings. The Morgan fingerprint density at radius 2 is 2.04 bits per heavy atom. The van der Waals surface area contributed by atoms with Crippen LogP contribution in [0.15, 0.2) is 29.3 Å². The number of nitrogens with one attached hydrogen (secondary N) is 1. The lowest BCUT2D eigenvalue weighted by Crippen LogP contribution is -2.40. The predicted molar refractivity (Wildman–Crippen MR) is 93.9 cm³/mol. The molecule has 0 spiro atoms. The first-order valence-corrected chi connectivity index (χ1v) is 8.42. The highest BCUT2D eigenvalue weighted by Crippen LogP contribution is 2.29. The molecule has 2 N–H and O–H groups in total. The zero-order chi connectivity index (χ0) is 16.7. The van der Waals surface area contributed by atoms with Gasteiger partial charge in [0.2, 0.25) is 0 Å². The van der Waals surface area contributed by atoms with Crippen LogP contribution in [-0.2, 0) is 6.54 Å². The molecule has 1 aromatic rings. The van der Waals surface area contributed by atoms with E-state index < -0.39 is 5.60 Å². The van der Waals surface area contributed by atoms with Gasteiger partial charge in [0.25, 0.3) is 0 Å². The molecule has 2 rings (SSSR count). The number of rotatable bonds is 6. The molecule has 23 heavy (non-hydrogen) atoms. The van der Waals surface area contributed by atoms with Crippen LogP contribution in [0.5, 0.6) is 5.75 Å². The van der Waals surface area contributed by atoms with E-state index in [9.17, 15) is 5.11 Å². The summed E-state index contributed by atoms with van der Waals surface area (Å²) in [5, 5.41) is 13.8. The number of guanidine groups is 1. The predicted octanol–water partition coefficient (Wildman–Crippen LogP) is 2.40. The van der Waals surface area contributed by atoms with Gasteiger partial charge in [-0.25, -0.2) is 0 Å². The lowest BCUT2D eigenvalue weighted by Gasteiger charge is -2.25. The molecule has 5 heteroatoms. The van der Waals surface area contributed by atoms with Gasteiger partial charge in [-0.1, -0.05) is 31.0 Å². The number of benzene rings is 1. The van der Waals surface area contributed by atoms with Crippen LogP contribution in [0, 0.1) is 0 Å². The van der Waals surface area contributed by atoms with Crippen molar-refractivity contribution in [1.82, 2.24) is 10.2 Å². The van der Waals surface area contributed by atoms with Crippen LogP contribution >= 0.6 is 0 Å². The highest BCUT2D eigenvalue weighted by Gasteiger charge is 2.31. The minimum atomic E-state index is -0.619. The Morgan fingerprint density at radius 3 is 2.70 bits per heavy atom. The summed E-state index contributed by atoms with van der Waals surface area (Å²) in [6.45, 7) is 4.02. The van der Waals surface area contributed by atoms with E-state index in [1.54, 1.807) is 7.11 Å². The minimum Gasteiger partial charge on any atom is -0.496 e. The Labute approximate surface area is 139 Å². The van der Waals surface area contributed by atoms with Crippen LogP contribution in [0.3, 0.4) is 0 Å². The molecule has 5 nitrogen and oxygen atoms in total. The number of hydrogen-bond acceptors (Lipinski definition) is 3. The smallest absolute Gasteiger partial charge is 0.194 e. The number of methoxy groups -OCH3 is 1. The van der Waals surface area contributed by atoms with E-state index in [1.807, 2.05) is 25.2 Å². The molecule has 0 radical (unpaired) electrons. The SMILES string of the molecule is CCNC(=NCC1(O)CCCC1)N(C)Cc1ccccc1OC. The van der Waals surface area contributed by atoms with E-state index in [0.717, 1.165) is 49.5 Å². The molecule has 1 aromatic carbocycles. The molecule has 0 aromatic heterocycles. The largest absolute Gasteiger partial charge is 0.496 e. The molecule has 0 heterocycles. The van der Waals surface area contributed by atoms with Crippen molar-refractivity contribution in [3.8, 4) is 5.75 Å². The van der Waals surface area contributed by atoms with Crippen molar-refractivity contribution in [1.29, 1.82) is 0 Å². The summed E-state index contributed by atoms with van der Waals surface area (Å²) in [5.41, 5.74) is 0.494. The fourth-order valence-electron chi connectivity index (χ4n) is 3.05. The number of para-hydroxylation sites is 1. The van der Waals surface area contributed by atoms with Crippen LogP contribution in [-0.4, -0.2) is 48.8 Å². The van der Waals surface area contributed by atoms with Gasteiger partial charge in [-0.15, -0.1) is 0 Å². The molecule has 0 bridgehead atoms. The third-order valence-corrected chi connectivity index (χ3v) is 4.35. The molecule has 0 unspecified atom stereocenters. The first-order valence-electron chi connectivity index (χ1n) is 8.42. The number of aliphatic imine (C=N–C) groups is 1. The maximum absolute atomic E-state index is 10.5. The Bertz CT molecular complexity index is 525. The summed E-state index contributed by atoms with van der Waals surface area (Å²) in [7, 11) is 3.69. The third kappa shape index (κ3) is 4.86. The summed E-state index contributed by atoms with van der Waals surface area (Å²) in [6.07, 6.45) is 3.90. The van der Waals surface area contributed by atoms with Gasteiger partial charge in [0.15, 0.2) is 5.96 Å².